The zero-order valence-corrected chi connectivity index (χ0v) is 17.0. The molecule has 6 nitrogen and oxygen atoms in total. The van der Waals surface area contributed by atoms with Gasteiger partial charge in [-0.1, -0.05) is 18.2 Å². The molecule has 2 aromatic carbocycles. The predicted octanol–water partition coefficient (Wildman–Crippen LogP) is 5.15. The van der Waals surface area contributed by atoms with Crippen LogP contribution in [0.1, 0.15) is 25.7 Å². The first-order valence-electron chi connectivity index (χ1n) is 10.2. The molecular formula is C23H25F2NO5. The lowest BCUT2D eigenvalue weighted by atomic mass is 9.83. The molecule has 3 rings (SSSR count). The second-order valence-electron chi connectivity index (χ2n) is 7.67. The molecule has 0 aliphatic heterocycles. The topological polar surface area (TPSA) is 76.1 Å². The predicted molar refractivity (Wildman–Crippen MR) is 110 cm³/mol. The first kappa shape index (κ1) is 22.7. The molecule has 2 aromatic rings. The van der Waals surface area contributed by atoms with Crippen molar-refractivity contribution >= 4 is 23.4 Å². The van der Waals surface area contributed by atoms with E-state index in [4.69, 9.17) is 14.6 Å². The van der Waals surface area contributed by atoms with Crippen LogP contribution in [0.15, 0.2) is 48.5 Å². The number of ether oxygens (including phenoxy) is 2. The van der Waals surface area contributed by atoms with Gasteiger partial charge in [-0.3, -0.25) is 0 Å². The van der Waals surface area contributed by atoms with Crippen LogP contribution < -0.4 is 4.90 Å². The normalized spacial score (nSPS) is 18.4. The van der Waals surface area contributed by atoms with Gasteiger partial charge in [0.1, 0.15) is 18.2 Å². The summed E-state index contributed by atoms with van der Waals surface area (Å²) in [4.78, 5) is 24.5. The van der Waals surface area contributed by atoms with Gasteiger partial charge >= 0.3 is 12.1 Å². The van der Waals surface area contributed by atoms with Gasteiger partial charge < -0.3 is 14.6 Å². The van der Waals surface area contributed by atoms with Gasteiger partial charge in [-0.15, -0.1) is 0 Å². The van der Waals surface area contributed by atoms with Crippen LogP contribution in [0, 0.1) is 23.5 Å². The summed E-state index contributed by atoms with van der Waals surface area (Å²) in [7, 11) is 0. The fourth-order valence-corrected chi connectivity index (χ4v) is 3.74. The van der Waals surface area contributed by atoms with Crippen molar-refractivity contribution < 1.29 is 33.0 Å². The Bertz CT molecular complexity index is 865. The Hall–Kier alpha value is -3.00. The van der Waals surface area contributed by atoms with E-state index in [1.165, 1.54) is 0 Å². The third kappa shape index (κ3) is 6.75. The van der Waals surface area contributed by atoms with Gasteiger partial charge in [-0.25, -0.2) is 23.3 Å². The van der Waals surface area contributed by atoms with Gasteiger partial charge in [-0.2, -0.15) is 0 Å². The molecule has 0 radical (unpaired) electrons. The fraction of sp³-hybridized carbons (Fsp3) is 0.391. The van der Waals surface area contributed by atoms with Crippen LogP contribution in [0.3, 0.4) is 0 Å². The third-order valence-electron chi connectivity index (χ3n) is 5.29. The SMILES string of the molecule is O=C(O)COC[C@H]1CC[C@H](COC(=O)N(c2ccccc2)c2cc(F)cc(F)c2)CC1. The molecule has 1 saturated carbocycles. The van der Waals surface area contributed by atoms with Crippen molar-refractivity contribution in [2.45, 2.75) is 25.7 Å². The summed E-state index contributed by atoms with van der Waals surface area (Å²) in [6, 6.07) is 11.4. The minimum atomic E-state index is -0.984. The minimum Gasteiger partial charge on any atom is -0.480 e. The van der Waals surface area contributed by atoms with Gasteiger partial charge in [0.05, 0.1) is 24.6 Å². The van der Waals surface area contributed by atoms with Crippen LogP contribution in [0.25, 0.3) is 0 Å². The van der Waals surface area contributed by atoms with Gasteiger partial charge in [0.25, 0.3) is 0 Å². The number of hydrogen-bond acceptors (Lipinski definition) is 4. The number of aliphatic carboxylic acids is 1. The van der Waals surface area contributed by atoms with E-state index in [1.54, 1.807) is 30.3 Å². The van der Waals surface area contributed by atoms with Crippen LogP contribution >= 0.6 is 0 Å². The van der Waals surface area contributed by atoms with Crippen molar-refractivity contribution in [2.75, 3.05) is 24.7 Å². The smallest absolute Gasteiger partial charge is 0.418 e. The Labute approximate surface area is 179 Å². The van der Waals surface area contributed by atoms with E-state index in [0.29, 0.717) is 18.2 Å². The molecule has 1 amide bonds. The van der Waals surface area contributed by atoms with E-state index < -0.39 is 23.7 Å². The van der Waals surface area contributed by atoms with Crippen LogP contribution in [0.5, 0.6) is 0 Å². The van der Waals surface area contributed by atoms with Crippen LogP contribution in [-0.4, -0.2) is 37.0 Å². The molecule has 1 fully saturated rings. The Morgan fingerprint density at radius 3 is 2.06 bits per heavy atom. The van der Waals surface area contributed by atoms with Crippen LogP contribution in [-0.2, 0) is 14.3 Å². The summed E-state index contributed by atoms with van der Waals surface area (Å²) in [5.74, 6) is -2.09. The molecule has 8 heteroatoms. The number of rotatable bonds is 8. The number of carbonyl (C=O) groups excluding carboxylic acids is 1. The lowest BCUT2D eigenvalue weighted by Gasteiger charge is -2.29. The van der Waals surface area contributed by atoms with Gasteiger partial charge in [0.2, 0.25) is 0 Å². The molecule has 0 bridgehead atoms. The largest absolute Gasteiger partial charge is 0.480 e. The summed E-state index contributed by atoms with van der Waals surface area (Å²) in [6.07, 6.45) is 2.67. The van der Waals surface area contributed by atoms with Crippen LogP contribution in [0.2, 0.25) is 0 Å². The zero-order valence-electron chi connectivity index (χ0n) is 17.0. The maximum atomic E-state index is 13.8. The standard InChI is InChI=1S/C23H25F2NO5/c24-18-10-19(25)12-21(11-18)26(20-4-2-1-3-5-20)23(29)31-14-17-8-6-16(7-9-17)13-30-15-22(27)28/h1-5,10-12,16-17H,6-9,13-15H2,(H,27,28)/t16-,17-. The molecule has 166 valence electrons. The number of amides is 1. The van der Waals surface area contributed by atoms with E-state index in [0.717, 1.165) is 48.8 Å². The van der Waals surface area contributed by atoms with Crippen molar-refractivity contribution in [3.63, 3.8) is 0 Å². The summed E-state index contributed by atoms with van der Waals surface area (Å²) in [5, 5.41) is 8.63. The maximum absolute atomic E-state index is 13.8. The summed E-state index contributed by atoms with van der Waals surface area (Å²) >= 11 is 0. The first-order valence-corrected chi connectivity index (χ1v) is 10.2. The number of para-hydroxylation sites is 1. The zero-order chi connectivity index (χ0) is 22.2. The Morgan fingerprint density at radius 2 is 1.48 bits per heavy atom. The quantitative estimate of drug-likeness (QED) is 0.623. The molecule has 1 aliphatic rings. The molecule has 0 aromatic heterocycles. The highest BCUT2D eigenvalue weighted by Crippen LogP contribution is 2.31. The number of carboxylic acid groups (broad SMARTS) is 1. The van der Waals surface area contributed by atoms with Gasteiger partial charge in [-0.05, 0) is 61.8 Å². The van der Waals surface area contributed by atoms with Gasteiger partial charge in [0, 0.05) is 6.07 Å². The maximum Gasteiger partial charge on any atom is 0.418 e. The molecule has 0 spiro atoms. The lowest BCUT2D eigenvalue weighted by Crippen LogP contribution is -2.30. The monoisotopic (exact) mass is 433 g/mol. The number of anilines is 2. The highest BCUT2D eigenvalue weighted by Gasteiger charge is 2.25. The summed E-state index contributed by atoms with van der Waals surface area (Å²) < 4.78 is 38.2. The molecule has 31 heavy (non-hydrogen) atoms. The Balaban J connectivity index is 1.58. The molecule has 0 heterocycles. The number of benzene rings is 2. The van der Waals surface area contributed by atoms with E-state index >= 15 is 0 Å². The number of hydrogen-bond donors (Lipinski definition) is 1. The average Bonchev–Trinajstić information content (AvgIpc) is 2.73. The Morgan fingerprint density at radius 1 is 0.903 bits per heavy atom. The second kappa shape index (κ2) is 10.9. The third-order valence-corrected chi connectivity index (χ3v) is 5.29. The van der Waals surface area contributed by atoms with E-state index in [-0.39, 0.29) is 24.8 Å². The van der Waals surface area contributed by atoms with E-state index in [1.807, 2.05) is 0 Å². The average molecular weight is 433 g/mol. The number of halogens is 2. The Kier molecular flexibility index (Phi) is 7.94. The van der Waals surface area contributed by atoms with Crippen molar-refractivity contribution in [2.24, 2.45) is 11.8 Å². The molecule has 0 saturated heterocycles. The first-order chi connectivity index (χ1) is 14.9. The number of carbonyl (C=O) groups is 2. The van der Waals surface area contributed by atoms with Crippen molar-refractivity contribution in [3.05, 3.63) is 60.2 Å². The second-order valence-corrected chi connectivity index (χ2v) is 7.67. The van der Waals surface area contributed by atoms with Crippen molar-refractivity contribution in [1.82, 2.24) is 0 Å². The summed E-state index contributed by atoms with van der Waals surface area (Å²) in [5.41, 5.74) is 0.491. The van der Waals surface area contributed by atoms with Crippen LogP contribution in [0.4, 0.5) is 25.0 Å². The molecular weight excluding hydrogens is 408 g/mol. The lowest BCUT2D eigenvalue weighted by molar-refractivity contribution is -0.142. The van der Waals surface area contributed by atoms with Gasteiger partial charge in [0.15, 0.2) is 0 Å². The van der Waals surface area contributed by atoms with E-state index in [9.17, 15) is 18.4 Å². The highest BCUT2D eigenvalue weighted by atomic mass is 19.1. The fourth-order valence-electron chi connectivity index (χ4n) is 3.74. The molecule has 1 aliphatic carbocycles. The molecule has 1 N–H and O–H groups in total. The highest BCUT2D eigenvalue weighted by molar-refractivity contribution is 5.95. The van der Waals surface area contributed by atoms with Crippen molar-refractivity contribution in [3.8, 4) is 0 Å². The summed E-state index contributed by atoms with van der Waals surface area (Å²) in [6.45, 7) is 0.307. The molecule has 0 atom stereocenters. The number of carboxylic acids is 1. The van der Waals surface area contributed by atoms with E-state index in [2.05, 4.69) is 0 Å². The minimum absolute atomic E-state index is 0.0491. The molecule has 0 unspecified atom stereocenters. The van der Waals surface area contributed by atoms with Crippen molar-refractivity contribution in [1.29, 1.82) is 0 Å². The number of nitrogens with zero attached hydrogens (tertiary/aromatic N) is 1.